The van der Waals surface area contributed by atoms with Gasteiger partial charge in [-0.15, -0.1) is 0 Å². The Morgan fingerprint density at radius 1 is 1.03 bits per heavy atom. The summed E-state index contributed by atoms with van der Waals surface area (Å²) in [6.07, 6.45) is 3.18. The van der Waals surface area contributed by atoms with Gasteiger partial charge in [-0.05, 0) is 60.1 Å². The van der Waals surface area contributed by atoms with Crippen LogP contribution in [0.25, 0.3) is 27.9 Å². The average molecular weight is 471 g/mol. The van der Waals surface area contributed by atoms with Crippen molar-refractivity contribution in [2.75, 3.05) is 0 Å². The number of aromatic nitrogens is 2. The van der Waals surface area contributed by atoms with Crippen molar-refractivity contribution >= 4 is 32.7 Å². The maximum absolute atomic E-state index is 12.6. The summed E-state index contributed by atoms with van der Waals surface area (Å²) in [5.41, 5.74) is 6.14. The van der Waals surface area contributed by atoms with Gasteiger partial charge in [-0.25, -0.2) is 4.98 Å². The maximum atomic E-state index is 12.6. The third-order valence-corrected chi connectivity index (χ3v) is 7.35. The van der Waals surface area contributed by atoms with Crippen molar-refractivity contribution < 1.29 is 5.11 Å². The Hall–Kier alpha value is -2.69. The standard InChI is InChI=1S/C27H23BrN2O/c1-17-8-7-13-24-25(17)27(31,26-29-22-16-19(28)14-15-23(22)30(24)26)21-12-6-5-11-20(21)18-9-3-2-4-10-18/h2-6,9-12,14-17,31H,7-8,13H2,1H3. The quantitative estimate of drug-likeness (QED) is 0.351. The van der Waals surface area contributed by atoms with E-state index in [0.717, 1.165) is 62.9 Å². The molecule has 4 aromatic rings. The summed E-state index contributed by atoms with van der Waals surface area (Å²) in [4.78, 5) is 5.02. The molecule has 1 aliphatic heterocycles. The van der Waals surface area contributed by atoms with Gasteiger partial charge in [-0.1, -0.05) is 77.5 Å². The molecule has 0 bridgehead atoms. The van der Waals surface area contributed by atoms with Crippen LogP contribution in [0, 0.1) is 5.92 Å². The first kappa shape index (κ1) is 19.0. The van der Waals surface area contributed by atoms with Crippen LogP contribution in [-0.2, 0) is 5.60 Å². The van der Waals surface area contributed by atoms with Crippen molar-refractivity contribution in [2.45, 2.75) is 31.8 Å². The van der Waals surface area contributed by atoms with Crippen LogP contribution in [-0.4, -0.2) is 14.7 Å². The molecule has 0 saturated heterocycles. The van der Waals surface area contributed by atoms with Gasteiger partial charge in [-0.3, -0.25) is 4.57 Å². The van der Waals surface area contributed by atoms with Gasteiger partial charge in [0.15, 0.2) is 11.4 Å². The number of imidazole rings is 1. The normalized spacial score (nSPS) is 22.6. The average Bonchev–Trinajstić information content (AvgIpc) is 3.29. The van der Waals surface area contributed by atoms with E-state index in [1.165, 1.54) is 5.70 Å². The lowest BCUT2D eigenvalue weighted by Gasteiger charge is -2.33. The Labute approximate surface area is 190 Å². The lowest BCUT2D eigenvalue weighted by molar-refractivity contribution is 0.105. The van der Waals surface area contributed by atoms with Gasteiger partial charge in [-0.2, -0.15) is 0 Å². The molecule has 0 saturated carbocycles. The zero-order valence-corrected chi connectivity index (χ0v) is 18.9. The molecule has 1 aliphatic carbocycles. The summed E-state index contributed by atoms with van der Waals surface area (Å²) >= 11 is 3.58. The minimum absolute atomic E-state index is 0.296. The molecule has 1 N–H and O–H groups in total. The van der Waals surface area contributed by atoms with Gasteiger partial charge < -0.3 is 5.11 Å². The molecule has 0 radical (unpaired) electrons. The molecule has 0 fully saturated rings. The van der Waals surface area contributed by atoms with E-state index in [9.17, 15) is 5.11 Å². The molecular weight excluding hydrogens is 448 g/mol. The monoisotopic (exact) mass is 470 g/mol. The van der Waals surface area contributed by atoms with E-state index in [1.54, 1.807) is 0 Å². The molecule has 154 valence electrons. The van der Waals surface area contributed by atoms with E-state index in [2.05, 4.69) is 63.8 Å². The fourth-order valence-electron chi connectivity index (χ4n) is 5.56. The first-order valence-corrected chi connectivity index (χ1v) is 11.7. The van der Waals surface area contributed by atoms with Crippen molar-refractivity contribution in [2.24, 2.45) is 5.92 Å². The Morgan fingerprint density at radius 2 is 1.81 bits per heavy atom. The van der Waals surface area contributed by atoms with E-state index >= 15 is 0 Å². The predicted molar refractivity (Wildman–Crippen MR) is 129 cm³/mol. The third-order valence-electron chi connectivity index (χ3n) is 6.86. The van der Waals surface area contributed by atoms with Gasteiger partial charge in [0.1, 0.15) is 0 Å². The van der Waals surface area contributed by atoms with Crippen LogP contribution in [0.5, 0.6) is 0 Å². The Kier molecular flexibility index (Phi) is 4.24. The molecule has 2 heterocycles. The molecule has 2 aliphatic rings. The third kappa shape index (κ3) is 2.65. The number of benzene rings is 3. The largest absolute Gasteiger partial charge is 0.373 e. The molecule has 0 amide bonds. The van der Waals surface area contributed by atoms with E-state index in [-0.39, 0.29) is 0 Å². The molecule has 6 rings (SSSR count). The molecule has 2 atom stereocenters. The first-order valence-electron chi connectivity index (χ1n) is 10.9. The Bertz CT molecular complexity index is 1350. The molecule has 31 heavy (non-hydrogen) atoms. The number of rotatable bonds is 2. The van der Waals surface area contributed by atoms with Crippen molar-refractivity contribution in [3.63, 3.8) is 0 Å². The van der Waals surface area contributed by atoms with Gasteiger partial charge >= 0.3 is 0 Å². The van der Waals surface area contributed by atoms with Crippen molar-refractivity contribution in [1.82, 2.24) is 9.55 Å². The summed E-state index contributed by atoms with van der Waals surface area (Å²) in [5, 5.41) is 12.6. The van der Waals surface area contributed by atoms with Crippen LogP contribution in [0.3, 0.4) is 0 Å². The van der Waals surface area contributed by atoms with Crippen LogP contribution in [0.1, 0.15) is 37.6 Å². The predicted octanol–water partition coefficient (Wildman–Crippen LogP) is 6.75. The molecular formula is C27H23BrN2O. The molecule has 0 spiro atoms. The van der Waals surface area contributed by atoms with E-state index in [0.29, 0.717) is 5.92 Å². The second-order valence-corrected chi connectivity index (χ2v) is 9.60. The SMILES string of the molecule is CC1CCCC2=C1C(O)(c1ccccc1-c1ccccc1)c1nc3cc(Br)ccc3n12. The fraction of sp³-hybridized carbons (Fsp3) is 0.222. The number of aliphatic hydroxyl groups is 1. The summed E-state index contributed by atoms with van der Waals surface area (Å²) in [6, 6.07) is 24.8. The number of nitrogens with zero attached hydrogens (tertiary/aromatic N) is 2. The minimum atomic E-state index is -1.24. The summed E-state index contributed by atoms with van der Waals surface area (Å²) in [5.74, 6) is 1.02. The summed E-state index contributed by atoms with van der Waals surface area (Å²) in [6.45, 7) is 2.25. The van der Waals surface area contributed by atoms with Gasteiger partial charge in [0, 0.05) is 15.7 Å². The van der Waals surface area contributed by atoms with Gasteiger partial charge in [0.25, 0.3) is 0 Å². The first-order chi connectivity index (χ1) is 15.1. The smallest absolute Gasteiger partial charge is 0.172 e. The molecule has 3 nitrogen and oxygen atoms in total. The van der Waals surface area contributed by atoms with Crippen LogP contribution in [0.4, 0.5) is 0 Å². The number of hydrogen-bond donors (Lipinski definition) is 1. The summed E-state index contributed by atoms with van der Waals surface area (Å²) in [7, 11) is 0. The zero-order chi connectivity index (χ0) is 21.2. The lowest BCUT2D eigenvalue weighted by Crippen LogP contribution is -2.32. The lowest BCUT2D eigenvalue weighted by atomic mass is 9.74. The number of allylic oxidation sites excluding steroid dienone is 1. The second kappa shape index (κ2) is 6.91. The van der Waals surface area contributed by atoms with Crippen LogP contribution in [0.15, 0.2) is 82.8 Å². The van der Waals surface area contributed by atoms with Crippen LogP contribution < -0.4 is 0 Å². The fourth-order valence-corrected chi connectivity index (χ4v) is 5.91. The topological polar surface area (TPSA) is 38.1 Å². The highest BCUT2D eigenvalue weighted by Gasteiger charge is 2.51. The van der Waals surface area contributed by atoms with Gasteiger partial charge in [0.2, 0.25) is 0 Å². The number of hydrogen-bond acceptors (Lipinski definition) is 2. The molecule has 2 unspecified atom stereocenters. The van der Waals surface area contributed by atoms with Gasteiger partial charge in [0.05, 0.1) is 11.0 Å². The van der Waals surface area contributed by atoms with Crippen molar-refractivity contribution in [3.8, 4) is 11.1 Å². The van der Waals surface area contributed by atoms with Crippen LogP contribution >= 0.6 is 15.9 Å². The molecule has 1 aromatic heterocycles. The Balaban J connectivity index is 1.70. The number of fused-ring (bicyclic) bond motifs is 4. The second-order valence-electron chi connectivity index (χ2n) is 8.68. The minimum Gasteiger partial charge on any atom is -0.373 e. The van der Waals surface area contributed by atoms with E-state index < -0.39 is 5.60 Å². The highest BCUT2D eigenvalue weighted by Crippen LogP contribution is 2.54. The van der Waals surface area contributed by atoms with E-state index in [1.807, 2.05) is 36.4 Å². The highest BCUT2D eigenvalue weighted by atomic mass is 79.9. The Morgan fingerprint density at radius 3 is 2.65 bits per heavy atom. The maximum Gasteiger partial charge on any atom is 0.172 e. The molecule has 3 aromatic carbocycles. The van der Waals surface area contributed by atoms with Crippen LogP contribution in [0.2, 0.25) is 0 Å². The van der Waals surface area contributed by atoms with Crippen molar-refractivity contribution in [3.05, 3.63) is 94.2 Å². The summed E-state index contributed by atoms with van der Waals surface area (Å²) < 4.78 is 3.23. The molecule has 4 heteroatoms. The van der Waals surface area contributed by atoms with Crippen molar-refractivity contribution in [1.29, 1.82) is 0 Å². The number of halogens is 1. The zero-order valence-electron chi connectivity index (χ0n) is 17.3. The highest BCUT2D eigenvalue weighted by molar-refractivity contribution is 9.10. The van der Waals surface area contributed by atoms with E-state index in [4.69, 9.17) is 4.98 Å².